The summed E-state index contributed by atoms with van der Waals surface area (Å²) in [6.45, 7) is 5.84. The van der Waals surface area contributed by atoms with E-state index in [0.717, 1.165) is 26.9 Å². The average Bonchev–Trinajstić information content (AvgIpc) is 2.96. The fourth-order valence-electron chi connectivity index (χ4n) is 4.18. The third-order valence-corrected chi connectivity index (χ3v) is 5.97. The summed E-state index contributed by atoms with van der Waals surface area (Å²) in [5.41, 5.74) is 3.57. The number of nitrogens with zero attached hydrogens (tertiary/aromatic N) is 2. The van der Waals surface area contributed by atoms with E-state index in [0.29, 0.717) is 29.2 Å². The minimum absolute atomic E-state index is 0.276. The highest BCUT2D eigenvalue weighted by Crippen LogP contribution is 2.31. The highest BCUT2D eigenvalue weighted by atomic mass is 16.5. The van der Waals surface area contributed by atoms with Crippen LogP contribution in [0, 0.1) is 26.0 Å². The summed E-state index contributed by atoms with van der Waals surface area (Å²) < 4.78 is 8.06. The second-order valence-electron chi connectivity index (χ2n) is 8.05. The summed E-state index contributed by atoms with van der Waals surface area (Å²) in [4.78, 5) is 23.7. The van der Waals surface area contributed by atoms with Gasteiger partial charge in [-0.2, -0.15) is 0 Å². The van der Waals surface area contributed by atoms with Gasteiger partial charge in [-0.05, 0) is 29.7 Å². The Kier molecular flexibility index (Phi) is 5.57. The van der Waals surface area contributed by atoms with Crippen LogP contribution in [0.15, 0.2) is 63.8 Å². The molecule has 0 amide bonds. The van der Waals surface area contributed by atoms with Crippen LogP contribution in [0.4, 0.5) is 0 Å². The van der Waals surface area contributed by atoms with Crippen LogP contribution in [-0.4, -0.2) is 15.6 Å². The molecule has 0 fully saturated rings. The standard InChI is InChI=1S/C25H24N2O5/c1-15-11-24(30)32-22-12-19(9-10-20(15)22)21(13-23(28)29)25-26(16(2)17(3)27(25)31)14-18-7-5-4-6-8-18/h4-12,21H,13-14H2,1-3H3,(H,28,29). The van der Waals surface area contributed by atoms with Crippen molar-refractivity contribution in [1.29, 1.82) is 0 Å². The van der Waals surface area contributed by atoms with Crippen LogP contribution >= 0.6 is 0 Å². The Morgan fingerprint density at radius 1 is 1.12 bits per heavy atom. The Balaban J connectivity index is 1.91. The Morgan fingerprint density at radius 2 is 1.84 bits per heavy atom. The van der Waals surface area contributed by atoms with Crippen molar-refractivity contribution in [2.45, 2.75) is 39.7 Å². The van der Waals surface area contributed by atoms with Crippen LogP contribution in [0.1, 0.15) is 46.2 Å². The topological polar surface area (TPSA) is 99.4 Å². The normalized spacial score (nSPS) is 12.2. The van der Waals surface area contributed by atoms with Gasteiger partial charge in [0.1, 0.15) is 23.5 Å². The van der Waals surface area contributed by atoms with Gasteiger partial charge >= 0.3 is 11.6 Å². The zero-order valence-electron chi connectivity index (χ0n) is 18.2. The van der Waals surface area contributed by atoms with Gasteiger partial charge in [-0.1, -0.05) is 42.5 Å². The smallest absolute Gasteiger partial charge is 0.336 e. The number of carboxylic acids is 1. The van der Waals surface area contributed by atoms with Gasteiger partial charge in [-0.15, -0.1) is 0 Å². The number of fused-ring (bicyclic) bond motifs is 1. The van der Waals surface area contributed by atoms with Crippen molar-refractivity contribution in [3.63, 3.8) is 0 Å². The SMILES string of the molecule is Cc1cc(=O)oc2cc(C(CC(=O)O)c3n(Cc4ccccc4)c(C)c(C)[n+]3[O-])ccc12. The van der Waals surface area contributed by atoms with Crippen LogP contribution in [0.25, 0.3) is 11.0 Å². The lowest BCUT2D eigenvalue weighted by atomic mass is 9.93. The van der Waals surface area contributed by atoms with E-state index in [4.69, 9.17) is 4.42 Å². The highest BCUT2D eigenvalue weighted by molar-refractivity contribution is 5.81. The molecule has 0 aliphatic heterocycles. The second kappa shape index (κ2) is 8.34. The average molecular weight is 432 g/mol. The molecule has 0 spiro atoms. The number of hydrogen-bond donors (Lipinski definition) is 1. The molecule has 2 heterocycles. The van der Waals surface area contributed by atoms with E-state index in [2.05, 4.69) is 0 Å². The van der Waals surface area contributed by atoms with Crippen molar-refractivity contribution < 1.29 is 19.0 Å². The molecule has 0 saturated carbocycles. The lowest BCUT2D eigenvalue weighted by molar-refractivity contribution is -0.621. The number of aryl methyl sites for hydroxylation is 1. The number of imidazole rings is 1. The van der Waals surface area contributed by atoms with Gasteiger partial charge in [0.2, 0.25) is 0 Å². The van der Waals surface area contributed by atoms with Crippen molar-refractivity contribution >= 4 is 16.9 Å². The van der Waals surface area contributed by atoms with Crippen molar-refractivity contribution in [2.75, 3.05) is 0 Å². The van der Waals surface area contributed by atoms with Crippen LogP contribution in [0.2, 0.25) is 0 Å². The molecule has 164 valence electrons. The number of benzene rings is 2. The quantitative estimate of drug-likeness (QED) is 0.284. The van der Waals surface area contributed by atoms with Gasteiger partial charge in [-0.3, -0.25) is 4.79 Å². The van der Waals surface area contributed by atoms with E-state index >= 15 is 0 Å². The molecule has 2 aromatic carbocycles. The monoisotopic (exact) mass is 432 g/mol. The molecular formula is C25H24N2O5. The molecule has 0 radical (unpaired) electrons. The summed E-state index contributed by atoms with van der Waals surface area (Å²) in [5, 5.41) is 23.6. The molecule has 0 bridgehead atoms. The zero-order chi connectivity index (χ0) is 23.0. The first-order valence-corrected chi connectivity index (χ1v) is 10.4. The predicted molar refractivity (Wildman–Crippen MR) is 120 cm³/mol. The Bertz CT molecular complexity index is 1370. The van der Waals surface area contributed by atoms with Crippen LogP contribution in [0.5, 0.6) is 0 Å². The molecule has 4 aromatic rings. The van der Waals surface area contributed by atoms with E-state index in [1.165, 1.54) is 6.07 Å². The fraction of sp³-hybridized carbons (Fsp3) is 0.240. The lowest BCUT2D eigenvalue weighted by Crippen LogP contribution is -2.36. The molecule has 1 atom stereocenters. The number of aliphatic carboxylic acids is 1. The maximum absolute atomic E-state index is 13.2. The van der Waals surface area contributed by atoms with Crippen molar-refractivity contribution in [3.8, 4) is 0 Å². The van der Waals surface area contributed by atoms with E-state index in [-0.39, 0.29) is 6.42 Å². The third kappa shape index (κ3) is 3.89. The number of aromatic nitrogens is 2. The molecule has 0 aliphatic carbocycles. The lowest BCUT2D eigenvalue weighted by Gasteiger charge is -2.17. The third-order valence-electron chi connectivity index (χ3n) is 5.97. The van der Waals surface area contributed by atoms with E-state index < -0.39 is 17.5 Å². The summed E-state index contributed by atoms with van der Waals surface area (Å²) >= 11 is 0. The van der Waals surface area contributed by atoms with Crippen molar-refractivity contribution in [3.05, 3.63) is 104 Å². The van der Waals surface area contributed by atoms with E-state index in [9.17, 15) is 19.9 Å². The van der Waals surface area contributed by atoms with Crippen molar-refractivity contribution in [1.82, 2.24) is 4.57 Å². The molecule has 7 heteroatoms. The summed E-state index contributed by atoms with van der Waals surface area (Å²) in [6.07, 6.45) is -0.276. The maximum atomic E-state index is 13.2. The highest BCUT2D eigenvalue weighted by Gasteiger charge is 2.33. The van der Waals surface area contributed by atoms with Gasteiger partial charge < -0.3 is 14.7 Å². The van der Waals surface area contributed by atoms with Gasteiger partial charge in [0.25, 0.3) is 5.82 Å². The van der Waals surface area contributed by atoms with E-state index in [1.54, 1.807) is 25.1 Å². The minimum Gasteiger partial charge on any atom is -0.711 e. The van der Waals surface area contributed by atoms with Crippen LogP contribution in [-0.2, 0) is 11.3 Å². The molecule has 0 saturated heterocycles. The molecule has 1 unspecified atom stereocenters. The molecule has 1 N–H and O–H groups in total. The van der Waals surface area contributed by atoms with Gasteiger partial charge in [0.05, 0.1) is 12.3 Å². The fourth-order valence-corrected chi connectivity index (χ4v) is 4.18. The largest absolute Gasteiger partial charge is 0.711 e. The number of carboxylic acid groups (broad SMARTS) is 1. The minimum atomic E-state index is -1.02. The molecule has 0 aliphatic rings. The molecular weight excluding hydrogens is 408 g/mol. The Hall–Kier alpha value is -3.87. The molecule has 4 rings (SSSR count). The maximum Gasteiger partial charge on any atom is 0.336 e. The summed E-state index contributed by atoms with van der Waals surface area (Å²) in [7, 11) is 0. The number of rotatable bonds is 6. The van der Waals surface area contributed by atoms with Gasteiger partial charge in [0.15, 0.2) is 0 Å². The van der Waals surface area contributed by atoms with Crippen molar-refractivity contribution in [2.24, 2.45) is 0 Å². The second-order valence-corrected chi connectivity index (χ2v) is 8.05. The zero-order valence-corrected chi connectivity index (χ0v) is 18.2. The predicted octanol–water partition coefficient (Wildman–Crippen LogP) is 3.81. The van der Waals surface area contributed by atoms with E-state index in [1.807, 2.05) is 48.7 Å². The van der Waals surface area contributed by atoms with Crippen LogP contribution < -0.4 is 10.4 Å². The summed E-state index contributed by atoms with van der Waals surface area (Å²) in [5.74, 6) is -1.40. The first kappa shape index (κ1) is 21.4. The summed E-state index contributed by atoms with van der Waals surface area (Å²) in [6, 6.07) is 16.4. The molecule has 2 aromatic heterocycles. The Morgan fingerprint density at radius 3 is 2.53 bits per heavy atom. The number of carbonyl (C=O) groups is 1. The van der Waals surface area contributed by atoms with Gasteiger partial charge in [-0.25, -0.2) is 14.1 Å². The van der Waals surface area contributed by atoms with Crippen LogP contribution in [0.3, 0.4) is 0 Å². The molecule has 32 heavy (non-hydrogen) atoms. The first-order chi connectivity index (χ1) is 15.3. The van der Waals surface area contributed by atoms with Gasteiger partial charge in [0, 0.05) is 25.3 Å². The molecule has 7 nitrogen and oxygen atoms in total. The Labute approximate surface area is 184 Å². The number of hydrogen-bond acceptors (Lipinski definition) is 4. The first-order valence-electron chi connectivity index (χ1n) is 10.4.